The monoisotopic (exact) mass is 446 g/mol. The number of nitrogens with one attached hydrogen (secondary N) is 1. The predicted molar refractivity (Wildman–Crippen MR) is 108 cm³/mol. The molecule has 1 saturated heterocycles. The lowest BCUT2D eigenvalue weighted by Gasteiger charge is -2.14. The molecule has 1 fully saturated rings. The highest BCUT2D eigenvalue weighted by Gasteiger charge is 2.35. The number of likely N-dealkylation sites (N-methyl/N-ethyl adjacent to an activating group) is 1. The van der Waals surface area contributed by atoms with E-state index in [1.54, 1.807) is 0 Å². The second-order valence-electron chi connectivity index (χ2n) is 7.65. The number of rotatable bonds is 6. The van der Waals surface area contributed by atoms with Crippen LogP contribution in [0.4, 0.5) is 13.2 Å². The van der Waals surface area contributed by atoms with Gasteiger partial charge in [0.1, 0.15) is 5.75 Å². The molecule has 2 heterocycles. The van der Waals surface area contributed by atoms with Gasteiger partial charge >= 0.3 is 6.36 Å². The van der Waals surface area contributed by atoms with Gasteiger partial charge in [0.2, 0.25) is 17.6 Å². The van der Waals surface area contributed by atoms with Crippen LogP contribution in [0.25, 0.3) is 11.4 Å². The summed E-state index contributed by atoms with van der Waals surface area (Å²) in [5, 5.41) is 6.99. The Morgan fingerprint density at radius 1 is 1.19 bits per heavy atom. The number of ether oxygens (including phenoxy) is 1. The van der Waals surface area contributed by atoms with E-state index in [1.165, 1.54) is 24.3 Å². The number of likely N-dealkylation sites (tertiary alicyclic amines) is 1. The zero-order valence-corrected chi connectivity index (χ0v) is 17.2. The number of carbonyl (C=O) groups excluding carboxylic acids is 1. The van der Waals surface area contributed by atoms with Crippen LogP contribution in [-0.2, 0) is 11.2 Å². The predicted octanol–water partition coefficient (Wildman–Crippen LogP) is 3.74. The quantitative estimate of drug-likeness (QED) is 0.622. The molecule has 2 unspecified atom stereocenters. The summed E-state index contributed by atoms with van der Waals surface area (Å²) in [6.45, 7) is 0.631. The summed E-state index contributed by atoms with van der Waals surface area (Å²) in [4.78, 5) is 18.8. The first-order valence-corrected chi connectivity index (χ1v) is 10.00. The summed E-state index contributed by atoms with van der Waals surface area (Å²) < 4.78 is 46.2. The minimum absolute atomic E-state index is 0.0531. The molecule has 10 heteroatoms. The molecule has 4 rings (SSSR count). The lowest BCUT2D eigenvalue weighted by Crippen LogP contribution is -2.37. The van der Waals surface area contributed by atoms with Crippen molar-refractivity contribution in [3.63, 3.8) is 0 Å². The Balaban J connectivity index is 1.37. The van der Waals surface area contributed by atoms with Gasteiger partial charge in [-0.1, -0.05) is 35.5 Å². The molecule has 1 amide bonds. The number of alkyl halides is 3. The van der Waals surface area contributed by atoms with Crippen LogP contribution in [-0.4, -0.2) is 46.9 Å². The molecular weight excluding hydrogens is 425 g/mol. The summed E-state index contributed by atoms with van der Waals surface area (Å²) in [5.41, 5.74) is 1.45. The van der Waals surface area contributed by atoms with Crippen molar-refractivity contribution in [2.45, 2.75) is 31.3 Å². The molecule has 2 atom stereocenters. The largest absolute Gasteiger partial charge is 0.573 e. The molecule has 2 aromatic carbocycles. The van der Waals surface area contributed by atoms with Gasteiger partial charge in [-0.3, -0.25) is 9.69 Å². The first-order chi connectivity index (χ1) is 15.3. The highest BCUT2D eigenvalue weighted by atomic mass is 19.4. The summed E-state index contributed by atoms with van der Waals surface area (Å²) >= 11 is 0. The third-order valence-corrected chi connectivity index (χ3v) is 5.19. The zero-order chi connectivity index (χ0) is 22.7. The maximum atomic E-state index is 12.4. The van der Waals surface area contributed by atoms with E-state index in [0.29, 0.717) is 30.8 Å². The molecule has 0 saturated carbocycles. The molecular formula is C22H21F3N4O3. The van der Waals surface area contributed by atoms with Gasteiger partial charge in [-0.25, -0.2) is 0 Å². The second kappa shape index (κ2) is 8.99. The van der Waals surface area contributed by atoms with Crippen molar-refractivity contribution in [2.24, 2.45) is 0 Å². The number of hydrogen-bond acceptors (Lipinski definition) is 6. The number of benzene rings is 2. The van der Waals surface area contributed by atoms with E-state index in [0.717, 1.165) is 5.56 Å². The van der Waals surface area contributed by atoms with Crippen LogP contribution in [0.5, 0.6) is 5.75 Å². The van der Waals surface area contributed by atoms with Gasteiger partial charge in [0.05, 0.1) is 12.5 Å². The van der Waals surface area contributed by atoms with Gasteiger partial charge in [-0.2, -0.15) is 4.98 Å². The molecule has 1 aromatic heterocycles. The van der Waals surface area contributed by atoms with Crippen LogP contribution in [0.3, 0.4) is 0 Å². The highest BCUT2D eigenvalue weighted by molar-refractivity contribution is 5.78. The smallest absolute Gasteiger partial charge is 0.406 e. The number of amides is 1. The van der Waals surface area contributed by atoms with Crippen molar-refractivity contribution in [2.75, 3.05) is 13.6 Å². The molecule has 1 N–H and O–H groups in total. The Morgan fingerprint density at radius 2 is 1.91 bits per heavy atom. The van der Waals surface area contributed by atoms with Gasteiger partial charge in [0, 0.05) is 18.2 Å². The van der Waals surface area contributed by atoms with Gasteiger partial charge in [-0.15, -0.1) is 13.2 Å². The molecule has 7 nitrogen and oxygen atoms in total. The Morgan fingerprint density at radius 3 is 2.59 bits per heavy atom. The number of nitrogens with zero attached hydrogens (tertiary/aromatic N) is 3. The fourth-order valence-electron chi connectivity index (χ4n) is 3.75. The molecule has 168 valence electrons. The summed E-state index contributed by atoms with van der Waals surface area (Å²) in [6, 6.07) is 14.5. The Labute approximate surface area is 182 Å². The fourth-order valence-corrected chi connectivity index (χ4v) is 3.75. The number of aromatic nitrogens is 2. The van der Waals surface area contributed by atoms with Gasteiger partial charge < -0.3 is 14.6 Å². The molecule has 32 heavy (non-hydrogen) atoms. The lowest BCUT2D eigenvalue weighted by atomic mass is 10.1. The van der Waals surface area contributed by atoms with E-state index in [2.05, 4.69) is 20.2 Å². The van der Waals surface area contributed by atoms with E-state index in [1.807, 2.05) is 42.3 Å². The first kappa shape index (κ1) is 21.8. The van der Waals surface area contributed by atoms with E-state index >= 15 is 0 Å². The Bertz CT molecular complexity index is 1050. The van der Waals surface area contributed by atoms with Crippen molar-refractivity contribution in [1.29, 1.82) is 0 Å². The maximum absolute atomic E-state index is 12.4. The van der Waals surface area contributed by atoms with Crippen LogP contribution in [0.1, 0.15) is 23.9 Å². The zero-order valence-electron chi connectivity index (χ0n) is 17.2. The van der Waals surface area contributed by atoms with Crippen molar-refractivity contribution in [3.05, 3.63) is 66.1 Å². The average Bonchev–Trinajstić information content (AvgIpc) is 3.34. The average molecular weight is 446 g/mol. The molecule has 1 aliphatic rings. The third-order valence-electron chi connectivity index (χ3n) is 5.19. The molecule has 0 radical (unpaired) electrons. The number of hydrogen-bond donors (Lipinski definition) is 1. The van der Waals surface area contributed by atoms with Crippen LogP contribution in [0, 0.1) is 0 Å². The first-order valence-electron chi connectivity index (χ1n) is 10.00. The van der Waals surface area contributed by atoms with Crippen LogP contribution in [0.2, 0.25) is 0 Å². The van der Waals surface area contributed by atoms with Crippen LogP contribution in [0.15, 0.2) is 59.1 Å². The highest BCUT2D eigenvalue weighted by Crippen LogP contribution is 2.31. The molecule has 0 aliphatic carbocycles. The van der Waals surface area contributed by atoms with Gasteiger partial charge in [0.25, 0.3) is 0 Å². The van der Waals surface area contributed by atoms with Crippen molar-refractivity contribution >= 4 is 5.91 Å². The SMILES string of the molecule is CN1CC(NC(=O)Cc2ccccc2)CC1c1nc(-c2ccc(OC(F)(F)F)cc2)no1. The van der Waals surface area contributed by atoms with E-state index in [4.69, 9.17) is 4.52 Å². The topological polar surface area (TPSA) is 80.5 Å². The number of carbonyl (C=O) groups is 1. The minimum atomic E-state index is -4.75. The Hall–Kier alpha value is -3.40. The summed E-state index contributed by atoms with van der Waals surface area (Å²) in [6.07, 6.45) is -3.83. The third kappa shape index (κ3) is 5.44. The van der Waals surface area contributed by atoms with E-state index < -0.39 is 6.36 Å². The van der Waals surface area contributed by atoms with E-state index in [9.17, 15) is 18.0 Å². The van der Waals surface area contributed by atoms with Gasteiger partial charge in [-0.05, 0) is 43.3 Å². The second-order valence-corrected chi connectivity index (χ2v) is 7.65. The summed E-state index contributed by atoms with van der Waals surface area (Å²) in [7, 11) is 1.90. The fraction of sp³-hybridized carbons (Fsp3) is 0.318. The maximum Gasteiger partial charge on any atom is 0.573 e. The van der Waals surface area contributed by atoms with Crippen molar-refractivity contribution < 1.29 is 27.2 Å². The lowest BCUT2D eigenvalue weighted by molar-refractivity contribution is -0.274. The van der Waals surface area contributed by atoms with Gasteiger partial charge in [0.15, 0.2) is 0 Å². The molecule has 0 spiro atoms. The molecule has 0 bridgehead atoms. The number of halogens is 3. The Kier molecular flexibility index (Phi) is 6.13. The molecule has 3 aromatic rings. The summed E-state index contributed by atoms with van der Waals surface area (Å²) in [5.74, 6) is 0.277. The minimum Gasteiger partial charge on any atom is -0.406 e. The molecule has 1 aliphatic heterocycles. The van der Waals surface area contributed by atoms with E-state index in [-0.39, 0.29) is 29.6 Å². The van der Waals surface area contributed by atoms with Crippen LogP contribution < -0.4 is 10.1 Å². The standard InChI is InChI=1S/C22H21F3N4O3/c1-29-13-16(26-19(30)11-14-5-3-2-4-6-14)12-18(29)21-27-20(28-32-21)15-7-9-17(10-8-15)31-22(23,24)25/h2-10,16,18H,11-13H2,1H3,(H,26,30). The van der Waals surface area contributed by atoms with Crippen LogP contribution >= 0.6 is 0 Å². The normalized spacial score (nSPS) is 19.1. The van der Waals surface area contributed by atoms with Crippen molar-refractivity contribution in [1.82, 2.24) is 20.4 Å². The van der Waals surface area contributed by atoms with Crippen molar-refractivity contribution in [3.8, 4) is 17.1 Å².